The van der Waals surface area contributed by atoms with Gasteiger partial charge in [0, 0.05) is 18.7 Å². The lowest BCUT2D eigenvalue weighted by Gasteiger charge is -2.34. The third kappa shape index (κ3) is 4.55. The molecule has 2 aromatic carbocycles. The zero-order valence-electron chi connectivity index (χ0n) is 15.5. The molecule has 1 saturated carbocycles. The smallest absolute Gasteiger partial charge is 0.336 e. The lowest BCUT2D eigenvalue weighted by Crippen LogP contribution is -2.34. The van der Waals surface area contributed by atoms with Crippen LogP contribution in [0.25, 0.3) is 11.1 Å². The highest BCUT2D eigenvalue weighted by Crippen LogP contribution is 2.32. The van der Waals surface area contributed by atoms with Crippen molar-refractivity contribution in [2.45, 2.75) is 32.3 Å². The summed E-state index contributed by atoms with van der Waals surface area (Å²) in [5.74, 6) is -0.578. The quantitative estimate of drug-likeness (QED) is 0.740. The van der Waals surface area contributed by atoms with E-state index in [1.807, 2.05) is 13.0 Å². The van der Waals surface area contributed by atoms with Crippen LogP contribution in [0.3, 0.4) is 0 Å². The molecule has 0 bridgehead atoms. The van der Waals surface area contributed by atoms with Gasteiger partial charge in [-0.3, -0.25) is 4.79 Å². The van der Waals surface area contributed by atoms with Crippen molar-refractivity contribution < 1.29 is 19.4 Å². The van der Waals surface area contributed by atoms with Crippen molar-refractivity contribution in [2.75, 3.05) is 13.2 Å². The Balaban J connectivity index is 1.66. The van der Waals surface area contributed by atoms with Crippen molar-refractivity contribution in [3.63, 3.8) is 0 Å². The first-order valence-corrected chi connectivity index (χ1v) is 9.41. The molecule has 1 aliphatic carbocycles. The number of rotatable bonds is 8. The number of ether oxygens (including phenoxy) is 1. The fourth-order valence-corrected chi connectivity index (χ4v) is 3.59. The topological polar surface area (TPSA) is 75.6 Å². The van der Waals surface area contributed by atoms with E-state index in [4.69, 9.17) is 4.74 Å². The van der Waals surface area contributed by atoms with E-state index in [9.17, 15) is 14.7 Å². The summed E-state index contributed by atoms with van der Waals surface area (Å²) in [5, 5.41) is 12.4. The molecule has 0 spiro atoms. The second-order valence-corrected chi connectivity index (χ2v) is 6.86. The summed E-state index contributed by atoms with van der Waals surface area (Å²) >= 11 is 0. The molecule has 5 heteroatoms. The Bertz CT molecular complexity index is 811. The first-order chi connectivity index (χ1) is 13.1. The molecule has 27 heavy (non-hydrogen) atoms. The summed E-state index contributed by atoms with van der Waals surface area (Å²) in [5.41, 5.74) is 1.86. The molecule has 3 rings (SSSR count). The number of amides is 1. The zero-order valence-corrected chi connectivity index (χ0v) is 15.5. The second kappa shape index (κ2) is 8.82. The van der Waals surface area contributed by atoms with Crippen molar-refractivity contribution in [3.05, 3.63) is 59.7 Å². The van der Waals surface area contributed by atoms with Crippen LogP contribution in [0, 0.1) is 5.92 Å². The maximum atomic E-state index is 12.7. The van der Waals surface area contributed by atoms with Crippen LogP contribution >= 0.6 is 0 Å². The molecular weight excluding hydrogens is 342 g/mol. The monoisotopic (exact) mass is 367 g/mol. The SMILES string of the molecule is CCOC1CC(CCNC(=O)c2ccccc2-c2ccccc2C(=O)O)C1. The van der Waals surface area contributed by atoms with Gasteiger partial charge in [-0.05, 0) is 55.4 Å². The molecule has 1 fully saturated rings. The predicted molar refractivity (Wildman–Crippen MR) is 104 cm³/mol. The molecule has 0 heterocycles. The minimum atomic E-state index is -1.00. The Labute approximate surface area is 159 Å². The highest BCUT2D eigenvalue weighted by molar-refractivity contribution is 6.04. The van der Waals surface area contributed by atoms with E-state index < -0.39 is 5.97 Å². The Morgan fingerprint density at radius 2 is 1.63 bits per heavy atom. The van der Waals surface area contributed by atoms with Crippen molar-refractivity contribution in [3.8, 4) is 11.1 Å². The zero-order chi connectivity index (χ0) is 19.2. The van der Waals surface area contributed by atoms with Crippen LogP contribution in [0.15, 0.2) is 48.5 Å². The summed E-state index contributed by atoms with van der Waals surface area (Å²) in [6.45, 7) is 3.37. The Morgan fingerprint density at radius 3 is 2.26 bits per heavy atom. The summed E-state index contributed by atoms with van der Waals surface area (Å²) < 4.78 is 5.56. The normalized spacial score (nSPS) is 18.6. The van der Waals surface area contributed by atoms with E-state index in [0.29, 0.717) is 35.3 Å². The number of hydrogen-bond donors (Lipinski definition) is 2. The Morgan fingerprint density at radius 1 is 1.04 bits per heavy atom. The number of hydrogen-bond acceptors (Lipinski definition) is 3. The minimum absolute atomic E-state index is 0.175. The van der Waals surface area contributed by atoms with Crippen LogP contribution in [0.1, 0.15) is 46.9 Å². The molecule has 2 N–H and O–H groups in total. The molecule has 1 amide bonds. The number of carbonyl (C=O) groups excluding carboxylic acids is 1. The van der Waals surface area contributed by atoms with E-state index in [0.717, 1.165) is 25.9 Å². The lowest BCUT2D eigenvalue weighted by molar-refractivity contribution is -0.0261. The van der Waals surface area contributed by atoms with Crippen LogP contribution in [-0.2, 0) is 4.74 Å². The van der Waals surface area contributed by atoms with Gasteiger partial charge >= 0.3 is 5.97 Å². The van der Waals surface area contributed by atoms with Crippen LogP contribution in [0.5, 0.6) is 0 Å². The van der Waals surface area contributed by atoms with Crippen molar-refractivity contribution in [1.82, 2.24) is 5.32 Å². The average Bonchev–Trinajstić information content (AvgIpc) is 2.65. The van der Waals surface area contributed by atoms with Gasteiger partial charge in [0.1, 0.15) is 0 Å². The van der Waals surface area contributed by atoms with Crippen LogP contribution in [-0.4, -0.2) is 36.2 Å². The molecule has 0 saturated heterocycles. The van der Waals surface area contributed by atoms with Gasteiger partial charge in [0.2, 0.25) is 0 Å². The Hall–Kier alpha value is -2.66. The molecule has 2 aromatic rings. The summed E-state index contributed by atoms with van der Waals surface area (Å²) in [6, 6.07) is 13.9. The molecule has 0 radical (unpaired) electrons. The van der Waals surface area contributed by atoms with Crippen LogP contribution in [0.2, 0.25) is 0 Å². The maximum Gasteiger partial charge on any atom is 0.336 e. The minimum Gasteiger partial charge on any atom is -0.478 e. The van der Waals surface area contributed by atoms with Crippen molar-refractivity contribution >= 4 is 11.9 Å². The number of benzene rings is 2. The van der Waals surface area contributed by atoms with E-state index in [1.54, 1.807) is 42.5 Å². The van der Waals surface area contributed by atoms with Gasteiger partial charge in [-0.15, -0.1) is 0 Å². The number of aromatic carboxylic acids is 1. The van der Waals surface area contributed by atoms with Gasteiger partial charge in [-0.2, -0.15) is 0 Å². The highest BCUT2D eigenvalue weighted by atomic mass is 16.5. The summed E-state index contributed by atoms with van der Waals surface area (Å²) in [7, 11) is 0. The number of carboxylic acids is 1. The first kappa shape index (κ1) is 19.1. The maximum absolute atomic E-state index is 12.7. The summed E-state index contributed by atoms with van der Waals surface area (Å²) in [6.07, 6.45) is 3.44. The molecule has 1 aliphatic rings. The van der Waals surface area contributed by atoms with Crippen molar-refractivity contribution in [1.29, 1.82) is 0 Å². The van der Waals surface area contributed by atoms with Gasteiger partial charge in [-0.25, -0.2) is 4.79 Å². The molecule has 5 nitrogen and oxygen atoms in total. The first-order valence-electron chi connectivity index (χ1n) is 9.41. The van der Waals surface area contributed by atoms with Gasteiger partial charge in [0.05, 0.1) is 11.7 Å². The third-order valence-electron chi connectivity index (χ3n) is 5.05. The highest BCUT2D eigenvalue weighted by Gasteiger charge is 2.29. The van der Waals surface area contributed by atoms with Gasteiger partial charge in [-0.1, -0.05) is 36.4 Å². The lowest BCUT2D eigenvalue weighted by atomic mass is 9.80. The van der Waals surface area contributed by atoms with Gasteiger partial charge < -0.3 is 15.2 Å². The predicted octanol–water partition coefficient (Wildman–Crippen LogP) is 3.99. The number of carbonyl (C=O) groups is 2. The molecule has 0 atom stereocenters. The van der Waals surface area contributed by atoms with Crippen molar-refractivity contribution in [2.24, 2.45) is 5.92 Å². The molecule has 142 valence electrons. The summed E-state index contributed by atoms with van der Waals surface area (Å²) in [4.78, 5) is 24.2. The molecule has 0 unspecified atom stereocenters. The van der Waals surface area contributed by atoms with E-state index in [-0.39, 0.29) is 11.5 Å². The number of nitrogens with one attached hydrogen (secondary N) is 1. The van der Waals surface area contributed by atoms with Crippen LogP contribution < -0.4 is 5.32 Å². The molecule has 0 aromatic heterocycles. The second-order valence-electron chi connectivity index (χ2n) is 6.86. The van der Waals surface area contributed by atoms with Gasteiger partial charge in [0.25, 0.3) is 5.91 Å². The van der Waals surface area contributed by atoms with E-state index in [1.165, 1.54) is 0 Å². The van der Waals surface area contributed by atoms with E-state index in [2.05, 4.69) is 5.32 Å². The third-order valence-corrected chi connectivity index (χ3v) is 5.05. The van der Waals surface area contributed by atoms with Crippen LogP contribution in [0.4, 0.5) is 0 Å². The van der Waals surface area contributed by atoms with Gasteiger partial charge in [0.15, 0.2) is 0 Å². The largest absolute Gasteiger partial charge is 0.478 e. The molecular formula is C22H25NO4. The number of carboxylic acid groups (broad SMARTS) is 1. The Kier molecular flexibility index (Phi) is 6.24. The van der Waals surface area contributed by atoms with E-state index >= 15 is 0 Å². The fourth-order valence-electron chi connectivity index (χ4n) is 3.59. The standard InChI is InChI=1S/C22H25NO4/c1-2-27-16-13-15(14-16)11-12-23-21(24)19-9-5-3-7-17(19)18-8-4-6-10-20(18)22(25)26/h3-10,15-16H,2,11-14H2,1H3,(H,23,24)(H,25,26). The fraction of sp³-hybridized carbons (Fsp3) is 0.364. The average molecular weight is 367 g/mol. The molecule has 0 aliphatic heterocycles.